The molecule has 0 atom stereocenters. The minimum Gasteiger partial charge on any atom is -0.444 e. The lowest BCUT2D eigenvalue weighted by molar-refractivity contribution is 0.0643. The normalized spacial score (nSPS) is 8.44. The van der Waals surface area contributed by atoms with Gasteiger partial charge in [-0.3, -0.25) is 0 Å². The molecule has 9 heavy (non-hydrogen) atoms. The molecule has 0 fully saturated rings. The van der Waals surface area contributed by atoms with Crippen molar-refractivity contribution in [3.63, 3.8) is 0 Å². The van der Waals surface area contributed by atoms with Crippen LogP contribution in [0.4, 0.5) is 0 Å². The lowest BCUT2D eigenvalue weighted by Crippen LogP contribution is -2.04. The van der Waals surface area contributed by atoms with Crippen LogP contribution in [0.5, 0.6) is 0 Å². The molecule has 0 unspecified atom stereocenters. The molecule has 0 aromatic rings. The summed E-state index contributed by atoms with van der Waals surface area (Å²) in [6.45, 7) is 1.20. The van der Waals surface area contributed by atoms with Crippen molar-refractivity contribution in [2.45, 2.75) is 0 Å². The third kappa shape index (κ3) is 7.28. The van der Waals surface area contributed by atoms with Crippen molar-refractivity contribution in [3.8, 4) is 12.5 Å². The molecule has 52 valence electrons. The predicted octanol–water partition coefficient (Wildman–Crippen LogP) is -0.397. The van der Waals surface area contributed by atoms with Crippen LogP contribution in [0.1, 0.15) is 0 Å². The van der Waals surface area contributed by atoms with E-state index in [0.717, 1.165) is 0 Å². The average molecular weight is 130 g/mol. The highest BCUT2D eigenvalue weighted by atomic mass is 16.5. The maximum absolute atomic E-state index is 8.22. The molecule has 0 aliphatic heterocycles. The van der Waals surface area contributed by atoms with Gasteiger partial charge in [0, 0.05) is 0 Å². The minimum absolute atomic E-state index is 0.0378. The van der Waals surface area contributed by atoms with Crippen LogP contribution in [0.15, 0.2) is 0 Å². The quantitative estimate of drug-likeness (QED) is 0.406. The van der Waals surface area contributed by atoms with Crippen LogP contribution in [-0.2, 0) is 9.47 Å². The summed E-state index contributed by atoms with van der Waals surface area (Å²) in [5, 5.41) is 8.22. The molecule has 0 aliphatic carbocycles. The number of hydrogen-bond donors (Lipinski definition) is 1. The largest absolute Gasteiger partial charge is 0.444 e. The average Bonchev–Trinajstić information content (AvgIpc) is 1.89. The van der Waals surface area contributed by atoms with E-state index in [2.05, 4.69) is 4.74 Å². The monoisotopic (exact) mass is 130 g/mol. The number of ether oxygens (including phenoxy) is 2. The van der Waals surface area contributed by atoms with Crippen molar-refractivity contribution in [3.05, 3.63) is 0 Å². The zero-order chi connectivity index (χ0) is 6.95. The number of terminal acetylenes is 1. The van der Waals surface area contributed by atoms with Gasteiger partial charge in [0.05, 0.1) is 19.8 Å². The topological polar surface area (TPSA) is 38.7 Å². The highest BCUT2D eigenvalue weighted by molar-refractivity contribution is 4.67. The lowest BCUT2D eigenvalue weighted by Gasteiger charge is -1.98. The molecule has 0 rings (SSSR count). The highest BCUT2D eigenvalue weighted by Crippen LogP contribution is 1.74. The van der Waals surface area contributed by atoms with Gasteiger partial charge < -0.3 is 14.6 Å². The van der Waals surface area contributed by atoms with Crippen molar-refractivity contribution in [1.29, 1.82) is 0 Å². The summed E-state index contributed by atoms with van der Waals surface area (Å²) in [6, 6.07) is 0. The van der Waals surface area contributed by atoms with Gasteiger partial charge in [-0.2, -0.15) is 0 Å². The molecule has 0 amide bonds. The maximum Gasteiger partial charge on any atom is 0.123 e. The molecule has 0 heterocycles. The Morgan fingerprint density at radius 2 is 2.11 bits per heavy atom. The van der Waals surface area contributed by atoms with E-state index in [9.17, 15) is 0 Å². The molecule has 0 saturated heterocycles. The van der Waals surface area contributed by atoms with Crippen LogP contribution >= 0.6 is 0 Å². The van der Waals surface area contributed by atoms with E-state index in [0.29, 0.717) is 19.8 Å². The molecular weight excluding hydrogens is 120 g/mol. The van der Waals surface area contributed by atoms with E-state index in [1.165, 1.54) is 0 Å². The summed E-state index contributed by atoms with van der Waals surface area (Å²) in [6.07, 6.45) is 6.77. The fourth-order valence-corrected chi connectivity index (χ4v) is 0.326. The van der Waals surface area contributed by atoms with Gasteiger partial charge in [-0.15, -0.1) is 0 Å². The molecule has 3 nitrogen and oxygen atoms in total. The zero-order valence-corrected chi connectivity index (χ0v) is 5.17. The number of aliphatic hydroxyl groups excluding tert-OH is 1. The molecule has 0 aromatic heterocycles. The predicted molar refractivity (Wildman–Crippen MR) is 32.7 cm³/mol. The molecule has 0 aromatic carbocycles. The Kier molecular flexibility index (Phi) is 6.70. The molecule has 0 radical (unpaired) electrons. The van der Waals surface area contributed by atoms with E-state index in [1.807, 2.05) is 6.11 Å². The van der Waals surface area contributed by atoms with Crippen LogP contribution < -0.4 is 0 Å². The highest BCUT2D eigenvalue weighted by Gasteiger charge is 1.83. The standard InChI is InChI=1S/C6H10O3/c1-2-8-5-6-9-4-3-7/h1,7H,3-6H2. The Labute approximate surface area is 54.6 Å². The molecule has 0 spiro atoms. The summed E-state index contributed by atoms with van der Waals surface area (Å²) >= 11 is 0. The van der Waals surface area contributed by atoms with Crippen molar-refractivity contribution >= 4 is 0 Å². The molecule has 0 aliphatic rings. The van der Waals surface area contributed by atoms with Crippen molar-refractivity contribution in [1.82, 2.24) is 0 Å². The first-order valence-electron chi connectivity index (χ1n) is 2.68. The Bertz CT molecular complexity index is 84.8. The Balaban J connectivity index is 2.69. The van der Waals surface area contributed by atoms with Crippen LogP contribution in [0.3, 0.4) is 0 Å². The van der Waals surface area contributed by atoms with Crippen molar-refractivity contribution < 1.29 is 14.6 Å². The first kappa shape index (κ1) is 8.28. The van der Waals surface area contributed by atoms with Gasteiger partial charge in [0.15, 0.2) is 0 Å². The molecule has 0 bridgehead atoms. The number of aliphatic hydroxyl groups is 1. The van der Waals surface area contributed by atoms with Crippen molar-refractivity contribution in [2.75, 3.05) is 26.4 Å². The third-order valence-electron chi connectivity index (χ3n) is 0.649. The summed E-state index contributed by atoms with van der Waals surface area (Å²) in [4.78, 5) is 0. The van der Waals surface area contributed by atoms with E-state index in [1.54, 1.807) is 0 Å². The van der Waals surface area contributed by atoms with Gasteiger partial charge >= 0.3 is 0 Å². The lowest BCUT2D eigenvalue weighted by atomic mass is 10.7. The van der Waals surface area contributed by atoms with E-state index in [4.69, 9.17) is 16.3 Å². The van der Waals surface area contributed by atoms with Gasteiger partial charge in [-0.25, -0.2) is 0 Å². The van der Waals surface area contributed by atoms with Crippen LogP contribution in [0, 0.1) is 12.5 Å². The molecule has 0 saturated carbocycles. The Morgan fingerprint density at radius 3 is 2.67 bits per heavy atom. The van der Waals surface area contributed by atoms with Gasteiger partial charge in [-0.05, 0) is 0 Å². The number of hydrogen-bond acceptors (Lipinski definition) is 3. The number of rotatable bonds is 5. The molecule has 1 N–H and O–H groups in total. The van der Waals surface area contributed by atoms with Crippen LogP contribution in [0.25, 0.3) is 0 Å². The maximum atomic E-state index is 8.22. The summed E-state index contributed by atoms with van der Waals surface area (Å²) in [5.41, 5.74) is 0. The van der Waals surface area contributed by atoms with Gasteiger partial charge in [0.25, 0.3) is 0 Å². The first-order valence-corrected chi connectivity index (χ1v) is 2.68. The fraction of sp³-hybridized carbons (Fsp3) is 0.667. The van der Waals surface area contributed by atoms with Gasteiger partial charge in [-0.1, -0.05) is 6.42 Å². The second-order valence-electron chi connectivity index (χ2n) is 1.30. The van der Waals surface area contributed by atoms with Gasteiger partial charge in [0.2, 0.25) is 0 Å². The van der Waals surface area contributed by atoms with E-state index < -0.39 is 0 Å². The zero-order valence-electron chi connectivity index (χ0n) is 5.17. The molecule has 3 heteroatoms. The van der Waals surface area contributed by atoms with Crippen LogP contribution in [0.2, 0.25) is 0 Å². The summed E-state index contributed by atoms with van der Waals surface area (Å²) < 4.78 is 9.32. The van der Waals surface area contributed by atoms with E-state index in [-0.39, 0.29) is 6.61 Å². The Hall–Kier alpha value is -0.720. The Morgan fingerprint density at radius 1 is 1.33 bits per heavy atom. The third-order valence-corrected chi connectivity index (χ3v) is 0.649. The molecular formula is C6H10O3. The minimum atomic E-state index is 0.0378. The van der Waals surface area contributed by atoms with Crippen molar-refractivity contribution in [2.24, 2.45) is 0 Å². The SMILES string of the molecule is C#COCCOCCO. The summed E-state index contributed by atoms with van der Waals surface area (Å²) in [7, 11) is 0. The van der Waals surface area contributed by atoms with Crippen LogP contribution in [-0.4, -0.2) is 31.5 Å². The fourth-order valence-electron chi connectivity index (χ4n) is 0.326. The van der Waals surface area contributed by atoms with E-state index >= 15 is 0 Å². The second-order valence-corrected chi connectivity index (χ2v) is 1.30. The first-order chi connectivity index (χ1) is 4.41. The summed E-state index contributed by atoms with van der Waals surface area (Å²) in [5.74, 6) is 0. The smallest absolute Gasteiger partial charge is 0.123 e. The second kappa shape index (κ2) is 7.28. The van der Waals surface area contributed by atoms with Gasteiger partial charge in [0.1, 0.15) is 12.7 Å².